The fourth-order valence-corrected chi connectivity index (χ4v) is 3.39. The lowest BCUT2D eigenvalue weighted by molar-refractivity contribution is -0.116. The first-order valence-electron chi connectivity index (χ1n) is 10.3. The van der Waals surface area contributed by atoms with Crippen molar-refractivity contribution in [3.63, 3.8) is 0 Å². The van der Waals surface area contributed by atoms with Crippen LogP contribution in [0.3, 0.4) is 0 Å². The lowest BCUT2D eigenvalue weighted by atomic mass is 10.1. The molecule has 2 amide bonds. The summed E-state index contributed by atoms with van der Waals surface area (Å²) < 4.78 is 15.8. The van der Waals surface area contributed by atoms with Gasteiger partial charge in [0.2, 0.25) is 5.91 Å². The average molecular weight is 428 g/mol. The molecule has 0 aromatic heterocycles. The van der Waals surface area contributed by atoms with Gasteiger partial charge in [-0.05, 0) is 43.3 Å². The number of amides is 2. The highest BCUT2D eigenvalue weighted by Crippen LogP contribution is 2.24. The molecule has 0 bridgehead atoms. The van der Waals surface area contributed by atoms with Gasteiger partial charge >= 0.3 is 0 Å². The zero-order valence-electron chi connectivity index (χ0n) is 18.2. The molecule has 3 rings (SSSR count). The van der Waals surface area contributed by atoms with Gasteiger partial charge in [0.15, 0.2) is 0 Å². The Morgan fingerprint density at radius 3 is 2.19 bits per heavy atom. The van der Waals surface area contributed by atoms with Gasteiger partial charge in [-0.3, -0.25) is 9.59 Å². The number of nitrogens with one attached hydrogen (secondary N) is 1. The van der Waals surface area contributed by atoms with E-state index in [2.05, 4.69) is 10.2 Å². The van der Waals surface area contributed by atoms with E-state index in [4.69, 9.17) is 14.2 Å². The Hall–Kier alpha value is -3.26. The Balaban J connectivity index is 1.62. The predicted molar refractivity (Wildman–Crippen MR) is 119 cm³/mol. The molecule has 0 aliphatic carbocycles. The number of ether oxygens (including phenoxy) is 3. The first kappa shape index (κ1) is 22.4. The van der Waals surface area contributed by atoms with Crippen molar-refractivity contribution in [1.29, 1.82) is 0 Å². The van der Waals surface area contributed by atoms with Crippen LogP contribution in [0.4, 0.5) is 11.4 Å². The summed E-state index contributed by atoms with van der Waals surface area (Å²) in [5.74, 6) is 0.508. The van der Waals surface area contributed by atoms with Crippen molar-refractivity contribution < 1.29 is 23.8 Å². The molecular weight excluding hydrogens is 398 g/mol. The molecule has 0 radical (unpaired) electrons. The van der Waals surface area contributed by atoms with Crippen LogP contribution < -0.4 is 19.7 Å². The summed E-state index contributed by atoms with van der Waals surface area (Å²) in [6, 6.07) is 12.7. The Labute approximate surface area is 182 Å². The van der Waals surface area contributed by atoms with Gasteiger partial charge in [-0.15, -0.1) is 0 Å². The van der Waals surface area contributed by atoms with Crippen molar-refractivity contribution in [2.75, 3.05) is 63.8 Å². The second-order valence-corrected chi connectivity index (χ2v) is 7.12. The van der Waals surface area contributed by atoms with Gasteiger partial charge in [-0.2, -0.15) is 0 Å². The highest BCUT2D eigenvalue weighted by Gasteiger charge is 2.19. The number of rotatable bonds is 8. The van der Waals surface area contributed by atoms with Gasteiger partial charge in [-0.1, -0.05) is 0 Å². The van der Waals surface area contributed by atoms with Crippen LogP contribution >= 0.6 is 0 Å². The Bertz CT molecular complexity index is 872. The molecule has 1 heterocycles. The van der Waals surface area contributed by atoms with Crippen molar-refractivity contribution in [1.82, 2.24) is 4.90 Å². The number of anilines is 2. The van der Waals surface area contributed by atoms with Crippen molar-refractivity contribution in [2.24, 2.45) is 0 Å². The van der Waals surface area contributed by atoms with E-state index in [9.17, 15) is 9.59 Å². The monoisotopic (exact) mass is 427 g/mol. The van der Waals surface area contributed by atoms with Gasteiger partial charge < -0.3 is 29.3 Å². The van der Waals surface area contributed by atoms with Gasteiger partial charge in [0, 0.05) is 42.6 Å². The van der Waals surface area contributed by atoms with Crippen LogP contribution in [0.5, 0.6) is 11.5 Å². The minimum absolute atomic E-state index is 0.0555. The molecule has 31 heavy (non-hydrogen) atoms. The summed E-state index contributed by atoms with van der Waals surface area (Å²) in [7, 11) is 3.05. The SMILES string of the molecule is CCN(CC(=O)Nc1ccc(N2CCOCC2)cc1)C(=O)c1cc(OC)cc(OC)c1. The summed E-state index contributed by atoms with van der Waals surface area (Å²) in [4.78, 5) is 29.2. The third-order valence-corrected chi connectivity index (χ3v) is 5.13. The van der Waals surface area contributed by atoms with E-state index in [0.717, 1.165) is 32.0 Å². The van der Waals surface area contributed by atoms with Crippen molar-refractivity contribution in [2.45, 2.75) is 6.92 Å². The molecule has 2 aromatic rings. The molecule has 1 saturated heterocycles. The standard InChI is InChI=1S/C23H29N3O5/c1-4-25(23(28)17-13-20(29-2)15-21(14-17)30-3)16-22(27)24-18-5-7-19(8-6-18)26-9-11-31-12-10-26/h5-8,13-15H,4,9-12,16H2,1-3H3,(H,24,27). The minimum Gasteiger partial charge on any atom is -0.497 e. The molecular formula is C23H29N3O5. The van der Waals surface area contributed by atoms with Crippen LogP contribution in [0.15, 0.2) is 42.5 Å². The molecule has 1 fully saturated rings. The first-order valence-corrected chi connectivity index (χ1v) is 10.3. The number of carbonyl (C=O) groups is 2. The van der Waals surface area contributed by atoms with E-state index < -0.39 is 0 Å². The molecule has 2 aromatic carbocycles. The second kappa shape index (κ2) is 10.7. The number of nitrogens with zero attached hydrogens (tertiary/aromatic N) is 2. The molecule has 0 spiro atoms. The quantitative estimate of drug-likeness (QED) is 0.698. The fourth-order valence-electron chi connectivity index (χ4n) is 3.39. The number of hydrogen-bond acceptors (Lipinski definition) is 6. The molecule has 0 atom stereocenters. The van der Waals surface area contributed by atoms with E-state index in [1.807, 2.05) is 31.2 Å². The Morgan fingerprint density at radius 1 is 1.03 bits per heavy atom. The largest absolute Gasteiger partial charge is 0.497 e. The van der Waals surface area contributed by atoms with E-state index in [1.54, 1.807) is 18.2 Å². The summed E-state index contributed by atoms with van der Waals surface area (Å²) in [5, 5.41) is 2.86. The van der Waals surface area contributed by atoms with Gasteiger partial charge in [0.25, 0.3) is 5.91 Å². The predicted octanol–water partition coefficient (Wildman–Crippen LogP) is 2.64. The number of benzene rings is 2. The van der Waals surface area contributed by atoms with E-state index in [1.165, 1.54) is 19.1 Å². The molecule has 0 saturated carbocycles. The Kier molecular flexibility index (Phi) is 7.72. The average Bonchev–Trinajstić information content (AvgIpc) is 2.82. The number of methoxy groups -OCH3 is 2. The van der Waals surface area contributed by atoms with Crippen molar-refractivity contribution in [3.05, 3.63) is 48.0 Å². The molecule has 1 N–H and O–H groups in total. The van der Waals surface area contributed by atoms with Gasteiger partial charge in [-0.25, -0.2) is 0 Å². The van der Waals surface area contributed by atoms with Gasteiger partial charge in [0.1, 0.15) is 18.0 Å². The van der Waals surface area contributed by atoms with Gasteiger partial charge in [0.05, 0.1) is 27.4 Å². The third-order valence-electron chi connectivity index (χ3n) is 5.13. The van der Waals surface area contributed by atoms with E-state index >= 15 is 0 Å². The molecule has 8 nitrogen and oxygen atoms in total. The number of morpholine rings is 1. The van der Waals surface area contributed by atoms with Crippen LogP contribution in [-0.4, -0.2) is 70.3 Å². The maximum Gasteiger partial charge on any atom is 0.254 e. The lowest BCUT2D eigenvalue weighted by Crippen LogP contribution is -2.38. The van der Waals surface area contributed by atoms with Crippen molar-refractivity contribution >= 4 is 23.2 Å². The third kappa shape index (κ3) is 5.88. The normalized spacial score (nSPS) is 13.5. The Morgan fingerprint density at radius 2 is 1.65 bits per heavy atom. The topological polar surface area (TPSA) is 80.3 Å². The van der Waals surface area contributed by atoms with Crippen LogP contribution in [0.2, 0.25) is 0 Å². The number of likely N-dealkylation sites (N-methyl/N-ethyl adjacent to an activating group) is 1. The number of carbonyl (C=O) groups excluding carboxylic acids is 2. The molecule has 166 valence electrons. The zero-order chi connectivity index (χ0) is 22.2. The molecule has 0 unspecified atom stereocenters. The minimum atomic E-state index is -0.266. The molecule has 1 aliphatic rings. The van der Waals surface area contributed by atoms with Crippen LogP contribution in [0, 0.1) is 0 Å². The first-order chi connectivity index (χ1) is 15.0. The highest BCUT2D eigenvalue weighted by molar-refractivity contribution is 5.99. The maximum atomic E-state index is 12.9. The molecule has 1 aliphatic heterocycles. The van der Waals surface area contributed by atoms with E-state index in [-0.39, 0.29) is 18.4 Å². The molecule has 8 heteroatoms. The van der Waals surface area contributed by atoms with E-state index in [0.29, 0.717) is 29.3 Å². The zero-order valence-corrected chi connectivity index (χ0v) is 18.2. The lowest BCUT2D eigenvalue weighted by Gasteiger charge is -2.29. The van der Waals surface area contributed by atoms with Crippen LogP contribution in [0.1, 0.15) is 17.3 Å². The smallest absolute Gasteiger partial charge is 0.254 e. The maximum absolute atomic E-state index is 12.9. The van der Waals surface area contributed by atoms with Crippen LogP contribution in [0.25, 0.3) is 0 Å². The van der Waals surface area contributed by atoms with Crippen molar-refractivity contribution in [3.8, 4) is 11.5 Å². The number of hydrogen-bond donors (Lipinski definition) is 1. The fraction of sp³-hybridized carbons (Fsp3) is 0.391. The van der Waals surface area contributed by atoms with Crippen LogP contribution in [-0.2, 0) is 9.53 Å². The summed E-state index contributed by atoms with van der Waals surface area (Å²) in [6.07, 6.45) is 0. The summed E-state index contributed by atoms with van der Waals surface area (Å²) in [5.41, 5.74) is 2.19. The second-order valence-electron chi connectivity index (χ2n) is 7.12. The summed E-state index contributed by atoms with van der Waals surface area (Å²) >= 11 is 0. The summed E-state index contributed by atoms with van der Waals surface area (Å²) in [6.45, 7) is 5.32. The highest BCUT2D eigenvalue weighted by atomic mass is 16.5.